The topological polar surface area (TPSA) is 62.7 Å². The average molecular weight is 461 g/mol. The summed E-state index contributed by atoms with van der Waals surface area (Å²) in [6, 6.07) is 16.1. The number of carbonyl (C=O) groups is 1. The highest BCUT2D eigenvalue weighted by molar-refractivity contribution is 7.11. The van der Waals surface area contributed by atoms with E-state index in [9.17, 15) is 4.79 Å². The highest BCUT2D eigenvalue weighted by Gasteiger charge is 2.20. The molecule has 5 nitrogen and oxygen atoms in total. The number of aryl methyl sites for hydroxylation is 1. The zero-order valence-electron chi connectivity index (χ0n) is 19.0. The largest absolute Gasteiger partial charge is 0.489 e. The van der Waals surface area contributed by atoms with Crippen molar-refractivity contribution in [2.45, 2.75) is 52.3 Å². The van der Waals surface area contributed by atoms with E-state index in [1.165, 1.54) is 16.1 Å². The van der Waals surface area contributed by atoms with Crippen molar-refractivity contribution in [2.75, 3.05) is 6.54 Å². The molecule has 1 aromatic heterocycles. The van der Waals surface area contributed by atoms with Gasteiger partial charge < -0.3 is 9.84 Å². The molecule has 0 spiro atoms. The van der Waals surface area contributed by atoms with Gasteiger partial charge >= 0.3 is 5.97 Å². The molecule has 0 bridgehead atoms. The third-order valence-corrected chi connectivity index (χ3v) is 6.70. The number of hydrogen-bond acceptors (Lipinski definition) is 5. The van der Waals surface area contributed by atoms with E-state index in [4.69, 9.17) is 9.84 Å². The molecule has 2 heterocycles. The monoisotopic (exact) mass is 460 g/mol. The molecular weight excluding hydrogens is 432 g/mol. The van der Waals surface area contributed by atoms with Crippen LogP contribution in [0, 0.1) is 18.8 Å². The lowest BCUT2D eigenvalue weighted by Crippen LogP contribution is -2.29. The maximum Gasteiger partial charge on any atom is 0.304 e. The Labute approximate surface area is 199 Å². The van der Waals surface area contributed by atoms with Gasteiger partial charge in [-0.3, -0.25) is 9.69 Å². The van der Waals surface area contributed by atoms with Crippen LogP contribution in [0.2, 0.25) is 0 Å². The lowest BCUT2D eigenvalue weighted by Gasteiger charge is -2.26. The van der Waals surface area contributed by atoms with Crippen LogP contribution in [-0.4, -0.2) is 27.5 Å². The number of benzene rings is 2. The number of rotatable bonds is 8. The van der Waals surface area contributed by atoms with Crippen LogP contribution in [0.5, 0.6) is 5.75 Å². The predicted molar refractivity (Wildman–Crippen MR) is 130 cm³/mol. The van der Waals surface area contributed by atoms with Gasteiger partial charge in [-0.1, -0.05) is 42.3 Å². The Kier molecular flexibility index (Phi) is 7.43. The third-order valence-electron chi connectivity index (χ3n) is 5.70. The van der Waals surface area contributed by atoms with Crippen LogP contribution < -0.4 is 4.74 Å². The Hall–Kier alpha value is -3.14. The van der Waals surface area contributed by atoms with Crippen LogP contribution >= 0.6 is 11.3 Å². The van der Waals surface area contributed by atoms with Crippen molar-refractivity contribution in [2.24, 2.45) is 0 Å². The summed E-state index contributed by atoms with van der Waals surface area (Å²) in [7, 11) is 0. The van der Waals surface area contributed by atoms with Gasteiger partial charge in [0, 0.05) is 30.9 Å². The molecule has 1 unspecified atom stereocenters. The van der Waals surface area contributed by atoms with Crippen molar-refractivity contribution in [3.63, 3.8) is 0 Å². The van der Waals surface area contributed by atoms with Crippen LogP contribution in [-0.2, 0) is 30.9 Å². The molecule has 1 aliphatic rings. The third kappa shape index (κ3) is 6.22. The molecule has 0 saturated heterocycles. The molecule has 0 amide bonds. The molecule has 0 radical (unpaired) electrons. The van der Waals surface area contributed by atoms with Gasteiger partial charge in [0.2, 0.25) is 0 Å². The van der Waals surface area contributed by atoms with E-state index in [-0.39, 0.29) is 12.3 Å². The van der Waals surface area contributed by atoms with Crippen LogP contribution in [0.1, 0.15) is 51.5 Å². The lowest BCUT2D eigenvalue weighted by molar-refractivity contribution is -0.137. The standard InChI is InChI=1S/C27H28N2O3S/c1-3-5-23(15-27(30)31)22-8-10-24(11-9-22)32-18-21-7-4-6-20(14-21)16-29-13-12-25-26(17-29)33-19(2)28-25/h4,6-11,14,23H,12-13,15-18H2,1-2H3,(H,30,31). The van der Waals surface area contributed by atoms with Crippen molar-refractivity contribution < 1.29 is 14.6 Å². The van der Waals surface area contributed by atoms with Gasteiger partial charge in [0.1, 0.15) is 12.4 Å². The summed E-state index contributed by atoms with van der Waals surface area (Å²) >= 11 is 1.81. The first-order valence-corrected chi connectivity index (χ1v) is 11.9. The molecule has 1 atom stereocenters. The smallest absolute Gasteiger partial charge is 0.304 e. The molecule has 2 aromatic carbocycles. The lowest BCUT2D eigenvalue weighted by atomic mass is 9.96. The Morgan fingerprint density at radius 2 is 2.03 bits per heavy atom. The van der Waals surface area contributed by atoms with Gasteiger partial charge in [0.15, 0.2) is 0 Å². The van der Waals surface area contributed by atoms with Crippen LogP contribution in [0.25, 0.3) is 0 Å². The Balaban J connectivity index is 1.34. The van der Waals surface area contributed by atoms with Crippen molar-refractivity contribution in [1.82, 2.24) is 9.88 Å². The fourth-order valence-electron chi connectivity index (χ4n) is 4.15. The Morgan fingerprint density at radius 1 is 1.24 bits per heavy atom. The molecule has 33 heavy (non-hydrogen) atoms. The number of aliphatic carboxylic acids is 1. The van der Waals surface area contributed by atoms with E-state index in [1.54, 1.807) is 6.92 Å². The molecule has 0 fully saturated rings. The summed E-state index contributed by atoms with van der Waals surface area (Å²) in [4.78, 5) is 19.6. The number of aromatic nitrogens is 1. The fraction of sp³-hybridized carbons (Fsp3) is 0.333. The highest BCUT2D eigenvalue weighted by Crippen LogP contribution is 2.26. The maximum absolute atomic E-state index is 11.1. The number of thiazole rings is 1. The second-order valence-corrected chi connectivity index (χ2v) is 9.57. The minimum Gasteiger partial charge on any atom is -0.489 e. The first-order chi connectivity index (χ1) is 16.0. The zero-order chi connectivity index (χ0) is 23.2. The first-order valence-electron chi connectivity index (χ1n) is 11.1. The Bertz CT molecular complexity index is 1170. The maximum atomic E-state index is 11.1. The van der Waals surface area contributed by atoms with Crippen LogP contribution in [0.4, 0.5) is 0 Å². The molecule has 4 rings (SSSR count). The number of hydrogen-bond donors (Lipinski definition) is 1. The van der Waals surface area contributed by atoms with E-state index >= 15 is 0 Å². The number of carboxylic acids is 1. The summed E-state index contributed by atoms with van der Waals surface area (Å²) in [5.41, 5.74) is 4.58. The number of ether oxygens (including phenoxy) is 1. The highest BCUT2D eigenvalue weighted by atomic mass is 32.1. The van der Waals surface area contributed by atoms with E-state index in [0.717, 1.165) is 47.9 Å². The van der Waals surface area contributed by atoms with Crippen molar-refractivity contribution in [1.29, 1.82) is 0 Å². The number of nitrogens with zero attached hydrogens (tertiary/aromatic N) is 2. The quantitative estimate of drug-likeness (QED) is 0.470. The second kappa shape index (κ2) is 10.7. The molecule has 0 aliphatic carbocycles. The van der Waals surface area contributed by atoms with Gasteiger partial charge in [0.25, 0.3) is 0 Å². The second-order valence-electron chi connectivity index (χ2n) is 8.29. The molecule has 1 N–H and O–H groups in total. The van der Waals surface area contributed by atoms with Gasteiger partial charge in [-0.15, -0.1) is 17.3 Å². The summed E-state index contributed by atoms with van der Waals surface area (Å²) in [5.74, 6) is 5.40. The number of fused-ring (bicyclic) bond motifs is 1. The van der Waals surface area contributed by atoms with Crippen LogP contribution in [0.3, 0.4) is 0 Å². The minimum atomic E-state index is -0.852. The van der Waals surface area contributed by atoms with E-state index in [1.807, 2.05) is 35.6 Å². The van der Waals surface area contributed by atoms with E-state index < -0.39 is 5.97 Å². The normalized spacial score (nSPS) is 14.1. The first kappa shape index (κ1) is 23.0. The zero-order valence-corrected chi connectivity index (χ0v) is 19.8. The van der Waals surface area contributed by atoms with Gasteiger partial charge in [-0.2, -0.15) is 0 Å². The van der Waals surface area contributed by atoms with Gasteiger partial charge in [-0.05, 0) is 42.7 Å². The van der Waals surface area contributed by atoms with Crippen molar-refractivity contribution >= 4 is 17.3 Å². The average Bonchev–Trinajstić information content (AvgIpc) is 3.17. The summed E-state index contributed by atoms with van der Waals surface area (Å²) in [5, 5.41) is 10.3. The Morgan fingerprint density at radius 3 is 2.79 bits per heavy atom. The van der Waals surface area contributed by atoms with Crippen molar-refractivity contribution in [3.05, 3.63) is 80.8 Å². The van der Waals surface area contributed by atoms with E-state index in [2.05, 4.69) is 52.9 Å². The summed E-state index contributed by atoms with van der Waals surface area (Å²) in [6.07, 6.45) is 1.02. The van der Waals surface area contributed by atoms with Gasteiger partial charge in [-0.25, -0.2) is 4.98 Å². The number of carboxylic acid groups (broad SMARTS) is 1. The minimum absolute atomic E-state index is 0.00519. The molecular formula is C27H28N2O3S. The summed E-state index contributed by atoms with van der Waals surface area (Å²) < 4.78 is 5.99. The molecule has 0 saturated carbocycles. The molecule has 1 aliphatic heterocycles. The SMILES string of the molecule is CC#CC(CC(=O)O)c1ccc(OCc2cccc(CN3CCc4nc(C)sc4C3)c2)cc1. The molecule has 170 valence electrons. The predicted octanol–water partition coefficient (Wildman–Crippen LogP) is 5.17. The fourth-order valence-corrected chi connectivity index (χ4v) is 5.18. The molecule has 3 aromatic rings. The summed E-state index contributed by atoms with van der Waals surface area (Å²) in [6.45, 7) is 7.22. The van der Waals surface area contributed by atoms with Gasteiger partial charge in [0.05, 0.1) is 23.0 Å². The van der Waals surface area contributed by atoms with Crippen molar-refractivity contribution in [3.8, 4) is 17.6 Å². The van der Waals surface area contributed by atoms with E-state index in [0.29, 0.717) is 6.61 Å². The molecule has 6 heteroatoms. The van der Waals surface area contributed by atoms with Crippen LogP contribution in [0.15, 0.2) is 48.5 Å².